The number of piperidine rings is 2. The number of benzene rings is 1. The molecule has 0 aliphatic carbocycles. The van der Waals surface area contributed by atoms with E-state index in [9.17, 15) is 0 Å². The van der Waals surface area contributed by atoms with Crippen LogP contribution in [0.5, 0.6) is 5.75 Å². The Bertz CT molecular complexity index is 435. The molecule has 2 saturated heterocycles. The van der Waals surface area contributed by atoms with Crippen LogP contribution in [-0.2, 0) is 6.54 Å². The summed E-state index contributed by atoms with van der Waals surface area (Å²) in [7, 11) is 1.77. The van der Waals surface area contributed by atoms with Crippen LogP contribution in [0.4, 0.5) is 0 Å². The van der Waals surface area contributed by atoms with Gasteiger partial charge in [-0.1, -0.05) is 18.2 Å². The maximum atomic E-state index is 5.49. The molecule has 3 rings (SSSR count). The first-order valence-electron chi connectivity index (χ1n) is 7.86. The average molecular weight is 274 g/mol. The van der Waals surface area contributed by atoms with E-state index < -0.39 is 0 Å². The fraction of sp³-hybridized carbons (Fsp3) is 0.647. The normalized spacial score (nSPS) is 22.9. The van der Waals surface area contributed by atoms with Crippen molar-refractivity contribution in [2.24, 2.45) is 5.41 Å². The van der Waals surface area contributed by atoms with Crippen LogP contribution in [-0.4, -0.2) is 38.2 Å². The average Bonchev–Trinajstić information content (AvgIpc) is 2.49. The zero-order chi connectivity index (χ0) is 13.8. The summed E-state index contributed by atoms with van der Waals surface area (Å²) in [6.07, 6.45) is 5.44. The molecular weight excluding hydrogens is 248 g/mol. The highest BCUT2D eigenvalue weighted by atomic mass is 16.5. The fourth-order valence-corrected chi connectivity index (χ4v) is 3.88. The highest BCUT2D eigenvalue weighted by Crippen LogP contribution is 2.38. The van der Waals surface area contributed by atoms with Crippen LogP contribution in [0.2, 0.25) is 0 Å². The van der Waals surface area contributed by atoms with Crippen molar-refractivity contribution in [3.8, 4) is 5.75 Å². The van der Waals surface area contributed by atoms with Crippen molar-refractivity contribution < 1.29 is 4.74 Å². The molecule has 2 heterocycles. The van der Waals surface area contributed by atoms with E-state index in [0.29, 0.717) is 5.41 Å². The second-order valence-corrected chi connectivity index (χ2v) is 6.38. The van der Waals surface area contributed by atoms with Gasteiger partial charge < -0.3 is 10.1 Å². The minimum absolute atomic E-state index is 0.575. The number of hydrogen-bond acceptors (Lipinski definition) is 3. The summed E-state index contributed by atoms with van der Waals surface area (Å²) in [6, 6.07) is 8.43. The van der Waals surface area contributed by atoms with Crippen LogP contribution >= 0.6 is 0 Å². The molecule has 3 heteroatoms. The van der Waals surface area contributed by atoms with E-state index in [2.05, 4.69) is 28.4 Å². The lowest BCUT2D eigenvalue weighted by atomic mass is 9.73. The van der Waals surface area contributed by atoms with Gasteiger partial charge in [-0.05, 0) is 56.8 Å². The fourth-order valence-electron chi connectivity index (χ4n) is 3.88. The molecule has 3 nitrogen and oxygen atoms in total. The quantitative estimate of drug-likeness (QED) is 0.917. The number of nitrogens with zero attached hydrogens (tertiary/aromatic N) is 1. The largest absolute Gasteiger partial charge is 0.496 e. The van der Waals surface area contributed by atoms with Gasteiger partial charge in [0.2, 0.25) is 0 Å². The van der Waals surface area contributed by atoms with Gasteiger partial charge >= 0.3 is 0 Å². The Morgan fingerprint density at radius 3 is 2.80 bits per heavy atom. The predicted molar refractivity (Wildman–Crippen MR) is 82.0 cm³/mol. The molecule has 1 aromatic rings. The standard InChI is InChI=1S/C17H26N2O/c1-20-16-6-3-2-5-15(16)13-19-12-4-7-17(14-19)8-10-18-11-9-17/h2-3,5-6,18H,4,7-14H2,1H3. The lowest BCUT2D eigenvalue weighted by molar-refractivity contribution is 0.0547. The highest BCUT2D eigenvalue weighted by molar-refractivity contribution is 5.33. The van der Waals surface area contributed by atoms with Crippen LogP contribution < -0.4 is 10.1 Å². The van der Waals surface area contributed by atoms with E-state index in [1.165, 1.54) is 57.4 Å². The van der Waals surface area contributed by atoms with Gasteiger partial charge in [-0.2, -0.15) is 0 Å². The molecule has 2 fully saturated rings. The molecule has 20 heavy (non-hydrogen) atoms. The van der Waals surface area contributed by atoms with Crippen molar-refractivity contribution in [2.45, 2.75) is 32.2 Å². The first-order chi connectivity index (χ1) is 9.81. The lowest BCUT2D eigenvalue weighted by Crippen LogP contribution is -2.48. The molecule has 110 valence electrons. The summed E-state index contributed by atoms with van der Waals surface area (Å²) in [5.41, 5.74) is 1.90. The Kier molecular flexibility index (Phi) is 4.27. The topological polar surface area (TPSA) is 24.5 Å². The Balaban J connectivity index is 1.68. The van der Waals surface area contributed by atoms with Gasteiger partial charge in [-0.15, -0.1) is 0 Å². The molecule has 1 N–H and O–H groups in total. The van der Waals surface area contributed by atoms with Gasteiger partial charge in [0.05, 0.1) is 7.11 Å². The Labute approximate surface area is 122 Å². The van der Waals surface area contributed by atoms with Gasteiger partial charge in [-0.3, -0.25) is 4.90 Å². The van der Waals surface area contributed by atoms with E-state index in [4.69, 9.17) is 4.74 Å². The molecule has 1 spiro atoms. The summed E-state index contributed by atoms with van der Waals surface area (Å²) in [5, 5.41) is 3.50. The Morgan fingerprint density at radius 1 is 1.20 bits per heavy atom. The molecule has 2 aliphatic heterocycles. The van der Waals surface area contributed by atoms with Gasteiger partial charge in [-0.25, -0.2) is 0 Å². The Morgan fingerprint density at radius 2 is 2.00 bits per heavy atom. The third-order valence-electron chi connectivity index (χ3n) is 4.99. The van der Waals surface area contributed by atoms with Crippen LogP contribution in [0.3, 0.4) is 0 Å². The molecule has 0 aromatic heterocycles. The molecule has 2 aliphatic rings. The minimum Gasteiger partial charge on any atom is -0.496 e. The van der Waals surface area contributed by atoms with E-state index in [1.54, 1.807) is 7.11 Å². The van der Waals surface area contributed by atoms with E-state index in [-0.39, 0.29) is 0 Å². The number of nitrogens with one attached hydrogen (secondary N) is 1. The highest BCUT2D eigenvalue weighted by Gasteiger charge is 2.36. The number of likely N-dealkylation sites (tertiary alicyclic amines) is 1. The number of ether oxygens (including phenoxy) is 1. The second-order valence-electron chi connectivity index (χ2n) is 6.38. The van der Waals surface area contributed by atoms with Crippen LogP contribution in [0.25, 0.3) is 0 Å². The summed E-state index contributed by atoms with van der Waals surface area (Å²) in [5.74, 6) is 1.03. The van der Waals surface area contributed by atoms with Gasteiger partial charge in [0.1, 0.15) is 5.75 Å². The second kappa shape index (κ2) is 6.15. The predicted octanol–water partition coefficient (Wildman–Crippen LogP) is 2.66. The maximum absolute atomic E-state index is 5.49. The molecule has 0 amide bonds. The van der Waals surface area contributed by atoms with Crippen LogP contribution in [0.15, 0.2) is 24.3 Å². The van der Waals surface area contributed by atoms with Crippen molar-refractivity contribution in [3.05, 3.63) is 29.8 Å². The summed E-state index contributed by atoms with van der Waals surface area (Å²) in [4.78, 5) is 2.63. The third kappa shape index (κ3) is 2.99. The first-order valence-corrected chi connectivity index (χ1v) is 7.86. The maximum Gasteiger partial charge on any atom is 0.123 e. The molecule has 0 unspecified atom stereocenters. The van der Waals surface area contributed by atoms with Crippen molar-refractivity contribution in [3.63, 3.8) is 0 Å². The molecule has 0 radical (unpaired) electrons. The minimum atomic E-state index is 0.575. The van der Waals surface area contributed by atoms with E-state index >= 15 is 0 Å². The van der Waals surface area contributed by atoms with Gasteiger partial charge in [0, 0.05) is 18.7 Å². The molecule has 1 aromatic carbocycles. The number of para-hydroxylation sites is 1. The van der Waals surface area contributed by atoms with E-state index in [1.807, 2.05) is 6.07 Å². The lowest BCUT2D eigenvalue weighted by Gasteiger charge is -2.45. The number of methoxy groups -OCH3 is 1. The smallest absolute Gasteiger partial charge is 0.123 e. The summed E-state index contributed by atoms with van der Waals surface area (Å²) >= 11 is 0. The third-order valence-corrected chi connectivity index (χ3v) is 4.99. The van der Waals surface area contributed by atoms with Crippen molar-refractivity contribution in [1.82, 2.24) is 10.2 Å². The van der Waals surface area contributed by atoms with Crippen molar-refractivity contribution in [1.29, 1.82) is 0 Å². The van der Waals surface area contributed by atoms with E-state index in [0.717, 1.165) is 12.3 Å². The van der Waals surface area contributed by atoms with Crippen LogP contribution in [0.1, 0.15) is 31.2 Å². The van der Waals surface area contributed by atoms with Crippen LogP contribution in [0, 0.1) is 5.41 Å². The molecule has 0 saturated carbocycles. The van der Waals surface area contributed by atoms with Gasteiger partial charge in [0.15, 0.2) is 0 Å². The monoisotopic (exact) mass is 274 g/mol. The summed E-state index contributed by atoms with van der Waals surface area (Å²) in [6.45, 7) is 5.91. The van der Waals surface area contributed by atoms with Crippen molar-refractivity contribution >= 4 is 0 Å². The number of rotatable bonds is 3. The molecular formula is C17H26N2O. The first kappa shape index (κ1) is 13.9. The zero-order valence-electron chi connectivity index (χ0n) is 12.5. The summed E-state index contributed by atoms with van der Waals surface area (Å²) < 4.78 is 5.49. The van der Waals surface area contributed by atoms with Crippen molar-refractivity contribution in [2.75, 3.05) is 33.3 Å². The SMILES string of the molecule is COc1ccccc1CN1CCCC2(CCNCC2)C1. The molecule has 0 bridgehead atoms. The van der Waals surface area contributed by atoms with Gasteiger partial charge in [0.25, 0.3) is 0 Å². The molecule has 0 atom stereocenters. The number of hydrogen-bond donors (Lipinski definition) is 1. The zero-order valence-corrected chi connectivity index (χ0v) is 12.5. The Hall–Kier alpha value is -1.06.